The number of amides is 1. The lowest BCUT2D eigenvalue weighted by molar-refractivity contribution is -0.120. The van der Waals surface area contributed by atoms with E-state index in [1.165, 1.54) is 0 Å². The van der Waals surface area contributed by atoms with Gasteiger partial charge in [-0.15, -0.1) is 11.8 Å². The van der Waals surface area contributed by atoms with Gasteiger partial charge in [0.15, 0.2) is 0 Å². The van der Waals surface area contributed by atoms with E-state index in [1.54, 1.807) is 18.0 Å². The van der Waals surface area contributed by atoms with Crippen LogP contribution < -0.4 is 5.32 Å². The number of aromatic nitrogens is 1. The molecule has 98 valence electrons. The molecule has 1 amide bonds. The predicted octanol–water partition coefficient (Wildman–Crippen LogP) is 2.44. The summed E-state index contributed by atoms with van der Waals surface area (Å²) in [4.78, 5) is 16.0. The van der Waals surface area contributed by atoms with Crippen LogP contribution in [0.25, 0.3) is 0 Å². The van der Waals surface area contributed by atoms with Gasteiger partial charge in [-0.25, -0.2) is 4.98 Å². The largest absolute Gasteiger partial charge is 0.389 e. The van der Waals surface area contributed by atoms with Crippen molar-refractivity contribution < 1.29 is 9.90 Å². The monoisotopic (exact) mass is 266 g/mol. The zero-order valence-electron chi connectivity index (χ0n) is 10.5. The van der Waals surface area contributed by atoms with Gasteiger partial charge in [0.25, 0.3) is 0 Å². The highest BCUT2D eigenvalue weighted by Crippen LogP contribution is 2.32. The van der Waals surface area contributed by atoms with Crippen molar-refractivity contribution in [2.75, 3.05) is 11.6 Å². The van der Waals surface area contributed by atoms with Gasteiger partial charge in [-0.3, -0.25) is 4.79 Å². The fourth-order valence-electron chi connectivity index (χ4n) is 2.29. The van der Waals surface area contributed by atoms with Gasteiger partial charge in [-0.05, 0) is 31.2 Å². The van der Waals surface area contributed by atoms with E-state index in [1.807, 2.05) is 18.4 Å². The van der Waals surface area contributed by atoms with E-state index in [0.717, 1.165) is 30.7 Å². The Balaban J connectivity index is 1.90. The molecular weight excluding hydrogens is 248 g/mol. The Hall–Kier alpha value is -1.07. The summed E-state index contributed by atoms with van der Waals surface area (Å²) in [5.41, 5.74) is -0.115. The number of pyridine rings is 1. The zero-order chi connectivity index (χ0) is 13.0. The third kappa shape index (κ3) is 3.46. The third-order valence-corrected chi connectivity index (χ3v) is 3.91. The number of hydrogen-bond acceptors (Lipinski definition) is 4. The number of hydrogen-bond donors (Lipinski definition) is 2. The molecule has 1 saturated carbocycles. The minimum atomic E-state index is -0.795. The van der Waals surface area contributed by atoms with Gasteiger partial charge in [-0.2, -0.15) is 0 Å². The molecule has 1 aromatic heterocycles. The normalized spacial score (nSPS) is 17.7. The van der Waals surface area contributed by atoms with E-state index in [-0.39, 0.29) is 12.3 Å². The van der Waals surface area contributed by atoms with Crippen molar-refractivity contribution >= 4 is 23.4 Å². The Morgan fingerprint density at radius 2 is 2.22 bits per heavy atom. The van der Waals surface area contributed by atoms with E-state index in [0.29, 0.717) is 5.69 Å². The van der Waals surface area contributed by atoms with Crippen LogP contribution in [0.5, 0.6) is 0 Å². The average Bonchev–Trinajstić information content (AvgIpc) is 2.76. The summed E-state index contributed by atoms with van der Waals surface area (Å²) >= 11 is 1.56. The molecule has 1 heterocycles. The van der Waals surface area contributed by atoms with E-state index < -0.39 is 5.60 Å². The fraction of sp³-hybridized carbons (Fsp3) is 0.538. The molecule has 4 nitrogen and oxygen atoms in total. The third-order valence-electron chi connectivity index (χ3n) is 3.25. The molecule has 0 unspecified atom stereocenters. The number of aliphatic hydroxyl groups is 1. The van der Waals surface area contributed by atoms with Crippen LogP contribution in [0.3, 0.4) is 0 Å². The minimum absolute atomic E-state index is 0.141. The number of nitrogens with zero attached hydrogens (tertiary/aromatic N) is 1. The highest BCUT2D eigenvalue weighted by Gasteiger charge is 2.33. The Morgan fingerprint density at radius 3 is 2.78 bits per heavy atom. The molecule has 0 aliphatic heterocycles. The van der Waals surface area contributed by atoms with Gasteiger partial charge in [-0.1, -0.05) is 12.8 Å². The van der Waals surface area contributed by atoms with Crippen molar-refractivity contribution in [1.29, 1.82) is 0 Å². The smallest absolute Gasteiger partial charge is 0.227 e. The predicted molar refractivity (Wildman–Crippen MR) is 72.7 cm³/mol. The second kappa shape index (κ2) is 5.71. The second-order valence-corrected chi connectivity index (χ2v) is 5.57. The molecule has 5 heteroatoms. The first-order chi connectivity index (χ1) is 8.61. The topological polar surface area (TPSA) is 62.2 Å². The second-order valence-electron chi connectivity index (χ2n) is 4.75. The molecule has 1 aromatic rings. The summed E-state index contributed by atoms with van der Waals surface area (Å²) in [5.74, 6) is -0.141. The number of nitrogens with one attached hydrogen (secondary N) is 1. The number of rotatable bonds is 4. The van der Waals surface area contributed by atoms with Gasteiger partial charge >= 0.3 is 0 Å². The van der Waals surface area contributed by atoms with E-state index in [2.05, 4.69) is 10.3 Å². The maximum atomic E-state index is 11.8. The molecule has 0 atom stereocenters. The molecule has 1 aliphatic carbocycles. The molecule has 18 heavy (non-hydrogen) atoms. The van der Waals surface area contributed by atoms with Crippen molar-refractivity contribution in [2.24, 2.45) is 0 Å². The van der Waals surface area contributed by atoms with Crippen LogP contribution in [-0.2, 0) is 4.79 Å². The first-order valence-electron chi connectivity index (χ1n) is 6.14. The van der Waals surface area contributed by atoms with Crippen molar-refractivity contribution in [3.05, 3.63) is 18.3 Å². The Kier molecular flexibility index (Phi) is 4.24. The molecule has 2 rings (SSSR count). The summed E-state index contributed by atoms with van der Waals surface area (Å²) < 4.78 is 0. The number of anilines is 1. The fourth-order valence-corrected chi connectivity index (χ4v) is 2.65. The standard InChI is InChI=1S/C13H18N2O2S/c1-18-12-5-4-10(9-14-12)15-11(16)8-13(17)6-2-3-7-13/h4-5,9,17H,2-3,6-8H2,1H3,(H,15,16). The van der Waals surface area contributed by atoms with Crippen LogP contribution >= 0.6 is 11.8 Å². The van der Waals surface area contributed by atoms with E-state index in [4.69, 9.17) is 0 Å². The van der Waals surface area contributed by atoms with Crippen LogP contribution in [-0.4, -0.2) is 27.9 Å². The molecule has 0 spiro atoms. The molecule has 0 saturated heterocycles. The van der Waals surface area contributed by atoms with Crippen LogP contribution in [0.4, 0.5) is 5.69 Å². The quantitative estimate of drug-likeness (QED) is 0.822. The van der Waals surface area contributed by atoms with Gasteiger partial charge in [0.05, 0.1) is 28.9 Å². The minimum Gasteiger partial charge on any atom is -0.389 e. The van der Waals surface area contributed by atoms with E-state index >= 15 is 0 Å². The summed E-state index contributed by atoms with van der Waals surface area (Å²) in [6.45, 7) is 0. The maximum Gasteiger partial charge on any atom is 0.227 e. The highest BCUT2D eigenvalue weighted by molar-refractivity contribution is 7.98. The van der Waals surface area contributed by atoms with Crippen LogP contribution in [0.15, 0.2) is 23.4 Å². The van der Waals surface area contributed by atoms with Crippen LogP contribution in [0, 0.1) is 0 Å². The molecule has 2 N–H and O–H groups in total. The molecule has 1 aliphatic rings. The molecule has 0 radical (unpaired) electrons. The Bertz CT molecular complexity index is 414. The van der Waals surface area contributed by atoms with E-state index in [9.17, 15) is 9.90 Å². The SMILES string of the molecule is CSc1ccc(NC(=O)CC2(O)CCCC2)cn1. The summed E-state index contributed by atoms with van der Waals surface area (Å²) in [5, 5.41) is 13.8. The van der Waals surface area contributed by atoms with Crippen molar-refractivity contribution in [2.45, 2.75) is 42.7 Å². The van der Waals surface area contributed by atoms with Crippen molar-refractivity contribution in [1.82, 2.24) is 4.98 Å². The summed E-state index contributed by atoms with van der Waals surface area (Å²) in [6, 6.07) is 3.69. The lowest BCUT2D eigenvalue weighted by atomic mass is 9.98. The van der Waals surface area contributed by atoms with Crippen molar-refractivity contribution in [3.8, 4) is 0 Å². The van der Waals surface area contributed by atoms with Gasteiger partial charge < -0.3 is 10.4 Å². The number of carbonyl (C=O) groups excluding carboxylic acids is 1. The average molecular weight is 266 g/mol. The van der Waals surface area contributed by atoms with Crippen LogP contribution in [0.1, 0.15) is 32.1 Å². The van der Waals surface area contributed by atoms with Gasteiger partial charge in [0, 0.05) is 0 Å². The first-order valence-corrected chi connectivity index (χ1v) is 7.36. The van der Waals surface area contributed by atoms with Crippen LogP contribution in [0.2, 0.25) is 0 Å². The highest BCUT2D eigenvalue weighted by atomic mass is 32.2. The molecular formula is C13H18N2O2S. The number of carbonyl (C=O) groups is 1. The van der Waals surface area contributed by atoms with Crippen molar-refractivity contribution in [3.63, 3.8) is 0 Å². The molecule has 0 bridgehead atoms. The van der Waals surface area contributed by atoms with Gasteiger partial charge in [0.2, 0.25) is 5.91 Å². The summed E-state index contributed by atoms with van der Waals surface area (Å²) in [7, 11) is 0. The van der Waals surface area contributed by atoms with Gasteiger partial charge in [0.1, 0.15) is 0 Å². The Morgan fingerprint density at radius 1 is 1.50 bits per heavy atom. The lowest BCUT2D eigenvalue weighted by Gasteiger charge is -2.21. The summed E-state index contributed by atoms with van der Waals surface area (Å²) in [6.07, 6.45) is 7.24. The Labute approximate surface area is 111 Å². The zero-order valence-corrected chi connectivity index (χ0v) is 11.3. The number of thioether (sulfide) groups is 1. The molecule has 1 fully saturated rings. The maximum absolute atomic E-state index is 11.8. The first kappa shape index (κ1) is 13.4. The molecule has 0 aromatic carbocycles. The lowest BCUT2D eigenvalue weighted by Crippen LogP contribution is -2.30.